The van der Waals surface area contributed by atoms with Gasteiger partial charge in [0.1, 0.15) is 0 Å². The maximum atomic E-state index is 4.97. The molecule has 0 atom stereocenters. The Kier molecular flexibility index (Phi) is 5.44. The molecule has 24 heavy (non-hydrogen) atoms. The first-order valence-electron chi connectivity index (χ1n) is 9.37. The maximum absolute atomic E-state index is 4.97. The molecule has 0 aromatic heterocycles. The van der Waals surface area contributed by atoms with Gasteiger partial charge in [0.05, 0.1) is 6.54 Å². The van der Waals surface area contributed by atoms with E-state index in [0.29, 0.717) is 5.41 Å². The van der Waals surface area contributed by atoms with Gasteiger partial charge in [-0.3, -0.25) is 0 Å². The van der Waals surface area contributed by atoms with Crippen LogP contribution in [0.3, 0.4) is 0 Å². The van der Waals surface area contributed by atoms with Gasteiger partial charge in [-0.1, -0.05) is 30.7 Å². The quantitative estimate of drug-likeness (QED) is 0.666. The number of guanidine groups is 1. The predicted octanol–water partition coefficient (Wildman–Crippen LogP) is 3.09. The van der Waals surface area contributed by atoms with Crippen molar-refractivity contribution >= 4 is 5.96 Å². The van der Waals surface area contributed by atoms with Crippen molar-refractivity contribution in [2.24, 2.45) is 10.4 Å². The lowest BCUT2D eigenvalue weighted by molar-refractivity contribution is 0.151. The van der Waals surface area contributed by atoms with Gasteiger partial charge in [-0.05, 0) is 56.8 Å². The summed E-state index contributed by atoms with van der Waals surface area (Å²) >= 11 is 0. The fourth-order valence-corrected chi connectivity index (χ4v) is 3.99. The van der Waals surface area contributed by atoms with E-state index in [0.717, 1.165) is 32.1 Å². The molecule has 1 N–H and O–H groups in total. The molecule has 1 aromatic rings. The topological polar surface area (TPSA) is 30.9 Å². The van der Waals surface area contributed by atoms with Gasteiger partial charge in [0.2, 0.25) is 0 Å². The molecular weight excluding hydrogens is 296 g/mol. The van der Waals surface area contributed by atoms with Crippen LogP contribution in [0.1, 0.15) is 43.7 Å². The number of nitrogens with one attached hydrogen (secondary N) is 1. The fourth-order valence-electron chi connectivity index (χ4n) is 3.99. The predicted molar refractivity (Wildman–Crippen MR) is 101 cm³/mol. The van der Waals surface area contributed by atoms with E-state index in [-0.39, 0.29) is 0 Å². The van der Waals surface area contributed by atoms with Crippen molar-refractivity contribution in [2.45, 2.75) is 45.7 Å². The molecular formula is C20H32N4. The maximum Gasteiger partial charge on any atom is 0.194 e. The Labute approximate surface area is 146 Å². The van der Waals surface area contributed by atoms with Crippen molar-refractivity contribution in [3.63, 3.8) is 0 Å². The first kappa shape index (κ1) is 17.3. The Morgan fingerprint density at radius 3 is 2.54 bits per heavy atom. The van der Waals surface area contributed by atoms with Gasteiger partial charge in [0.15, 0.2) is 5.96 Å². The van der Waals surface area contributed by atoms with Gasteiger partial charge in [0.25, 0.3) is 0 Å². The summed E-state index contributed by atoms with van der Waals surface area (Å²) in [5.74, 6) is 1.10. The van der Waals surface area contributed by atoms with Gasteiger partial charge in [0, 0.05) is 26.2 Å². The van der Waals surface area contributed by atoms with E-state index < -0.39 is 0 Å². The van der Waals surface area contributed by atoms with E-state index in [4.69, 9.17) is 4.99 Å². The highest BCUT2D eigenvalue weighted by Crippen LogP contribution is 2.47. The van der Waals surface area contributed by atoms with Gasteiger partial charge < -0.3 is 15.1 Å². The molecule has 1 aromatic carbocycles. The third-order valence-electron chi connectivity index (χ3n) is 5.49. The van der Waals surface area contributed by atoms with Crippen LogP contribution in [0.2, 0.25) is 0 Å². The fraction of sp³-hybridized carbons (Fsp3) is 0.650. The summed E-state index contributed by atoms with van der Waals surface area (Å²) in [5.41, 5.74) is 3.32. The molecule has 1 aliphatic heterocycles. The highest BCUT2D eigenvalue weighted by molar-refractivity contribution is 5.80. The summed E-state index contributed by atoms with van der Waals surface area (Å²) in [7, 11) is 4.23. The Bertz CT molecular complexity index is 575. The summed E-state index contributed by atoms with van der Waals surface area (Å²) in [6.45, 7) is 7.17. The van der Waals surface area contributed by atoms with Gasteiger partial charge in [-0.15, -0.1) is 0 Å². The van der Waals surface area contributed by atoms with Crippen LogP contribution in [0.15, 0.2) is 29.3 Å². The van der Waals surface area contributed by atoms with Crippen LogP contribution in [0.5, 0.6) is 0 Å². The molecule has 2 aliphatic rings. The highest BCUT2D eigenvalue weighted by Gasteiger charge is 2.43. The highest BCUT2D eigenvalue weighted by atomic mass is 15.3. The van der Waals surface area contributed by atoms with Gasteiger partial charge in [-0.25, -0.2) is 4.99 Å². The Morgan fingerprint density at radius 2 is 1.96 bits per heavy atom. The monoisotopic (exact) mass is 328 g/mol. The van der Waals surface area contributed by atoms with Crippen LogP contribution in [-0.4, -0.2) is 49.5 Å². The second-order valence-electron chi connectivity index (χ2n) is 7.70. The van der Waals surface area contributed by atoms with Gasteiger partial charge in [-0.2, -0.15) is 0 Å². The Morgan fingerprint density at radius 1 is 1.21 bits per heavy atom. The molecule has 2 fully saturated rings. The van der Waals surface area contributed by atoms with E-state index >= 15 is 0 Å². The van der Waals surface area contributed by atoms with Crippen LogP contribution in [-0.2, 0) is 13.1 Å². The summed E-state index contributed by atoms with van der Waals surface area (Å²) in [6.07, 6.45) is 5.58. The first-order valence-corrected chi connectivity index (χ1v) is 9.37. The minimum atomic E-state index is 0.610. The third kappa shape index (κ3) is 3.92. The smallest absolute Gasteiger partial charge is 0.194 e. The van der Waals surface area contributed by atoms with Crippen molar-refractivity contribution in [1.82, 2.24) is 15.1 Å². The molecule has 1 spiro atoms. The molecule has 1 aliphatic carbocycles. The SMILES string of the molecule is CCNC(=NCc1ccccc1CN(C)C)N1CCC2(CCC2)C1. The molecule has 0 amide bonds. The second-order valence-corrected chi connectivity index (χ2v) is 7.70. The largest absolute Gasteiger partial charge is 0.357 e. The van der Waals surface area contributed by atoms with Crippen molar-refractivity contribution < 1.29 is 0 Å². The molecule has 3 rings (SSSR count). The molecule has 0 unspecified atom stereocenters. The van der Waals surface area contributed by atoms with Gasteiger partial charge >= 0.3 is 0 Å². The van der Waals surface area contributed by atoms with E-state index in [1.807, 2.05) is 0 Å². The number of likely N-dealkylation sites (tertiary alicyclic amines) is 1. The second kappa shape index (κ2) is 7.56. The zero-order chi connectivity index (χ0) is 17.0. The number of hydrogen-bond donors (Lipinski definition) is 1. The van der Waals surface area contributed by atoms with E-state index in [2.05, 4.69) is 60.4 Å². The zero-order valence-electron chi connectivity index (χ0n) is 15.5. The van der Waals surface area contributed by atoms with Crippen molar-refractivity contribution in [3.8, 4) is 0 Å². The van der Waals surface area contributed by atoms with Crippen LogP contribution in [0, 0.1) is 5.41 Å². The number of hydrogen-bond acceptors (Lipinski definition) is 2. The Balaban J connectivity index is 1.70. The average Bonchev–Trinajstić information content (AvgIpc) is 2.98. The molecule has 1 heterocycles. The molecule has 4 nitrogen and oxygen atoms in total. The van der Waals surface area contributed by atoms with Crippen LogP contribution in [0.4, 0.5) is 0 Å². The number of benzene rings is 1. The zero-order valence-corrected chi connectivity index (χ0v) is 15.5. The van der Waals surface area contributed by atoms with Crippen LogP contribution in [0.25, 0.3) is 0 Å². The third-order valence-corrected chi connectivity index (χ3v) is 5.49. The summed E-state index contributed by atoms with van der Waals surface area (Å²) < 4.78 is 0. The molecule has 0 radical (unpaired) electrons. The lowest BCUT2D eigenvalue weighted by Gasteiger charge is -2.38. The molecule has 1 saturated heterocycles. The minimum absolute atomic E-state index is 0.610. The minimum Gasteiger partial charge on any atom is -0.357 e. The lowest BCUT2D eigenvalue weighted by Crippen LogP contribution is -2.42. The van der Waals surface area contributed by atoms with E-state index in [9.17, 15) is 0 Å². The van der Waals surface area contributed by atoms with E-state index in [1.165, 1.54) is 43.4 Å². The average molecular weight is 329 g/mol. The molecule has 132 valence electrons. The summed E-state index contributed by atoms with van der Waals surface area (Å²) in [5, 5.41) is 3.51. The normalized spacial score (nSPS) is 19.8. The summed E-state index contributed by atoms with van der Waals surface area (Å²) in [4.78, 5) is 9.67. The molecule has 1 saturated carbocycles. The van der Waals surface area contributed by atoms with Crippen LogP contribution < -0.4 is 5.32 Å². The Hall–Kier alpha value is -1.55. The van der Waals surface area contributed by atoms with Crippen molar-refractivity contribution in [2.75, 3.05) is 33.7 Å². The summed E-state index contributed by atoms with van der Waals surface area (Å²) in [6, 6.07) is 8.68. The first-order chi connectivity index (χ1) is 11.6. The molecule has 4 heteroatoms. The molecule has 0 bridgehead atoms. The standard InChI is InChI=1S/C20H32N4/c1-4-21-19(24-13-12-20(16-24)10-7-11-20)22-14-17-8-5-6-9-18(17)15-23(2)3/h5-6,8-9H,4,7,10-16H2,1-3H3,(H,21,22). The van der Waals surface area contributed by atoms with Crippen molar-refractivity contribution in [3.05, 3.63) is 35.4 Å². The number of rotatable bonds is 5. The lowest BCUT2D eigenvalue weighted by atomic mass is 9.68. The van der Waals surface area contributed by atoms with Crippen molar-refractivity contribution in [1.29, 1.82) is 0 Å². The number of nitrogens with zero attached hydrogens (tertiary/aromatic N) is 3. The van der Waals surface area contributed by atoms with E-state index in [1.54, 1.807) is 0 Å². The number of aliphatic imine (C=N–C) groups is 1. The van der Waals surface area contributed by atoms with Crippen LogP contribution >= 0.6 is 0 Å².